The van der Waals surface area contributed by atoms with Crippen molar-refractivity contribution in [1.29, 1.82) is 0 Å². The lowest BCUT2D eigenvalue weighted by atomic mass is 9.82. The summed E-state index contributed by atoms with van der Waals surface area (Å²) in [4.78, 5) is 13.9. The van der Waals surface area contributed by atoms with Crippen LogP contribution in [0.25, 0.3) is 0 Å². The number of esters is 1. The van der Waals surface area contributed by atoms with E-state index >= 15 is 0 Å². The summed E-state index contributed by atoms with van der Waals surface area (Å²) < 4.78 is 37.2. The highest BCUT2D eigenvalue weighted by Gasteiger charge is 2.49. The third kappa shape index (κ3) is 8.60. The van der Waals surface area contributed by atoms with E-state index in [9.17, 15) is 13.2 Å². The van der Waals surface area contributed by atoms with Crippen molar-refractivity contribution < 1.29 is 17.9 Å². The van der Waals surface area contributed by atoms with Gasteiger partial charge in [0.05, 0.1) is 10.9 Å². The molecule has 0 aliphatic rings. The number of benzene rings is 4. The predicted molar refractivity (Wildman–Crippen MR) is 181 cm³/mol. The Balaban J connectivity index is 2.03. The van der Waals surface area contributed by atoms with E-state index < -0.39 is 27.6 Å². The standard InChI is InChI=1S/C39H41NO4S/c1-4-6-10-23-38(41)44-39(35-21-15-9-16-22-35,29-28-33-17-11-7-12-18-33)37(31-34-19-13-8-14-20-34)40(30-5-2)45(42,43)36-26-24-32(3)25-27-36/h5,7-9,11-22,24-27,37H,2,4,6,10,23,30-31H2,1,3H3/t37-,39?/m0/s1. The monoisotopic (exact) mass is 619 g/mol. The fourth-order valence-electron chi connectivity index (χ4n) is 5.27. The Bertz CT molecular complexity index is 1690. The number of unbranched alkanes of at least 4 members (excludes halogenated alkanes) is 2. The van der Waals surface area contributed by atoms with Crippen LogP contribution in [0.1, 0.15) is 54.9 Å². The molecule has 0 saturated carbocycles. The summed E-state index contributed by atoms with van der Waals surface area (Å²) in [5, 5.41) is 0. The van der Waals surface area contributed by atoms with Gasteiger partial charge in [-0.2, -0.15) is 4.31 Å². The minimum Gasteiger partial charge on any atom is -0.440 e. The summed E-state index contributed by atoms with van der Waals surface area (Å²) in [6.45, 7) is 7.88. The van der Waals surface area contributed by atoms with Gasteiger partial charge in [-0.05, 0) is 55.5 Å². The molecular formula is C39H41NO4S. The molecule has 0 aliphatic carbocycles. The van der Waals surface area contributed by atoms with Crippen molar-refractivity contribution in [3.63, 3.8) is 0 Å². The van der Waals surface area contributed by atoms with Crippen molar-refractivity contribution in [3.8, 4) is 11.8 Å². The third-order valence-electron chi connectivity index (χ3n) is 7.65. The number of carbonyl (C=O) groups is 1. The van der Waals surface area contributed by atoms with E-state index in [-0.39, 0.29) is 24.3 Å². The summed E-state index contributed by atoms with van der Waals surface area (Å²) in [6, 6.07) is 34.1. The van der Waals surface area contributed by atoms with Crippen LogP contribution in [0.15, 0.2) is 133 Å². The van der Waals surface area contributed by atoms with Gasteiger partial charge >= 0.3 is 5.97 Å². The van der Waals surface area contributed by atoms with Gasteiger partial charge < -0.3 is 4.74 Å². The molecule has 0 spiro atoms. The first-order chi connectivity index (χ1) is 21.8. The van der Waals surface area contributed by atoms with Crippen molar-refractivity contribution >= 4 is 16.0 Å². The van der Waals surface area contributed by atoms with Gasteiger partial charge in [0.1, 0.15) is 0 Å². The Morgan fingerprint density at radius 2 is 1.49 bits per heavy atom. The lowest BCUT2D eigenvalue weighted by Crippen LogP contribution is -2.55. The van der Waals surface area contributed by atoms with Gasteiger partial charge in [-0.25, -0.2) is 8.42 Å². The first-order valence-corrected chi connectivity index (χ1v) is 16.8. The average Bonchev–Trinajstić information content (AvgIpc) is 3.06. The molecule has 0 amide bonds. The van der Waals surface area contributed by atoms with E-state index in [0.29, 0.717) is 12.0 Å². The first kappa shape index (κ1) is 33.5. The highest BCUT2D eigenvalue weighted by atomic mass is 32.2. The Kier molecular flexibility index (Phi) is 11.9. The molecule has 1 unspecified atom stereocenters. The minimum absolute atomic E-state index is 0.0251. The van der Waals surface area contributed by atoms with Gasteiger partial charge in [0, 0.05) is 24.1 Å². The van der Waals surface area contributed by atoms with Crippen LogP contribution in [0.2, 0.25) is 0 Å². The quantitative estimate of drug-likeness (QED) is 0.0624. The molecular weight excluding hydrogens is 578 g/mol. The molecule has 4 rings (SSSR count). The number of aryl methyl sites for hydroxylation is 1. The van der Waals surface area contributed by atoms with Crippen molar-refractivity contribution in [3.05, 3.63) is 150 Å². The van der Waals surface area contributed by atoms with Gasteiger partial charge in [0.25, 0.3) is 0 Å². The molecule has 0 aromatic heterocycles. The van der Waals surface area contributed by atoms with Crippen LogP contribution in [0.4, 0.5) is 0 Å². The number of ether oxygens (including phenoxy) is 1. The maximum atomic E-state index is 14.6. The lowest BCUT2D eigenvalue weighted by Gasteiger charge is -2.42. The molecule has 5 nitrogen and oxygen atoms in total. The largest absolute Gasteiger partial charge is 0.440 e. The molecule has 6 heteroatoms. The molecule has 0 aliphatic heterocycles. The summed E-state index contributed by atoms with van der Waals surface area (Å²) in [5.41, 5.74) is 1.45. The van der Waals surface area contributed by atoms with Crippen LogP contribution in [-0.4, -0.2) is 31.3 Å². The predicted octanol–water partition coefficient (Wildman–Crippen LogP) is 7.85. The van der Waals surface area contributed by atoms with Crippen LogP contribution < -0.4 is 0 Å². The first-order valence-electron chi connectivity index (χ1n) is 15.4. The van der Waals surface area contributed by atoms with Crippen LogP contribution in [0.5, 0.6) is 0 Å². The highest BCUT2D eigenvalue weighted by molar-refractivity contribution is 7.89. The summed E-state index contributed by atoms with van der Waals surface area (Å²) in [7, 11) is -4.13. The number of carbonyl (C=O) groups excluding carboxylic acids is 1. The summed E-state index contributed by atoms with van der Waals surface area (Å²) >= 11 is 0. The molecule has 0 saturated heterocycles. The van der Waals surface area contributed by atoms with E-state index in [1.165, 1.54) is 4.31 Å². The van der Waals surface area contributed by atoms with Crippen molar-refractivity contribution in [2.45, 2.75) is 62.5 Å². The molecule has 0 radical (unpaired) electrons. The molecule has 0 bridgehead atoms. The van der Waals surface area contributed by atoms with Gasteiger partial charge in [-0.15, -0.1) is 6.58 Å². The number of nitrogens with zero attached hydrogens (tertiary/aromatic N) is 1. The highest BCUT2D eigenvalue weighted by Crippen LogP contribution is 2.38. The van der Waals surface area contributed by atoms with E-state index in [0.717, 1.165) is 29.5 Å². The zero-order valence-corrected chi connectivity index (χ0v) is 26.9. The molecule has 45 heavy (non-hydrogen) atoms. The zero-order valence-electron chi connectivity index (χ0n) is 26.1. The second-order valence-corrected chi connectivity index (χ2v) is 12.9. The smallest absolute Gasteiger partial charge is 0.307 e. The van der Waals surface area contributed by atoms with Crippen LogP contribution >= 0.6 is 0 Å². The Morgan fingerprint density at radius 1 is 0.889 bits per heavy atom. The Labute approximate surface area is 268 Å². The van der Waals surface area contributed by atoms with Crippen LogP contribution in [0.3, 0.4) is 0 Å². The van der Waals surface area contributed by atoms with Gasteiger partial charge in [-0.1, -0.05) is 128 Å². The number of hydrogen-bond donors (Lipinski definition) is 0. The maximum Gasteiger partial charge on any atom is 0.307 e. The molecule has 0 heterocycles. The SMILES string of the molecule is C=CCN([C@@H](Cc1ccccc1)C(C#Cc1ccccc1)(OC(=O)CCCCC)c1ccccc1)S(=O)(=O)c1ccc(C)cc1. The second-order valence-electron chi connectivity index (χ2n) is 11.0. The normalized spacial score (nSPS) is 13.2. The van der Waals surface area contributed by atoms with E-state index in [2.05, 4.69) is 25.3 Å². The fraction of sp³-hybridized carbons (Fsp3) is 0.256. The molecule has 232 valence electrons. The van der Waals surface area contributed by atoms with Crippen molar-refractivity contribution in [2.24, 2.45) is 0 Å². The molecule has 2 atom stereocenters. The van der Waals surface area contributed by atoms with Gasteiger partial charge in [0.2, 0.25) is 15.6 Å². The number of sulfonamides is 1. The molecule has 0 fully saturated rings. The van der Waals surface area contributed by atoms with Gasteiger partial charge in [-0.3, -0.25) is 4.79 Å². The minimum atomic E-state index is -4.13. The number of hydrogen-bond acceptors (Lipinski definition) is 4. The maximum absolute atomic E-state index is 14.6. The topological polar surface area (TPSA) is 63.7 Å². The molecule has 4 aromatic rings. The zero-order chi connectivity index (χ0) is 32.1. The third-order valence-corrected chi connectivity index (χ3v) is 9.54. The lowest BCUT2D eigenvalue weighted by molar-refractivity contribution is -0.160. The van der Waals surface area contributed by atoms with E-state index in [4.69, 9.17) is 4.74 Å². The average molecular weight is 620 g/mol. The number of rotatable bonds is 14. The Hall–Kier alpha value is -4.44. The summed E-state index contributed by atoms with van der Waals surface area (Å²) in [6.07, 6.45) is 4.46. The van der Waals surface area contributed by atoms with Crippen molar-refractivity contribution in [2.75, 3.05) is 6.54 Å². The second kappa shape index (κ2) is 16.0. The van der Waals surface area contributed by atoms with E-state index in [1.807, 2.05) is 97.9 Å². The Morgan fingerprint density at radius 3 is 2.09 bits per heavy atom. The van der Waals surface area contributed by atoms with Crippen molar-refractivity contribution in [1.82, 2.24) is 4.31 Å². The summed E-state index contributed by atoms with van der Waals surface area (Å²) in [5.74, 6) is 6.16. The fourth-order valence-corrected chi connectivity index (χ4v) is 6.88. The molecule has 0 N–H and O–H groups in total. The van der Waals surface area contributed by atoms with Crippen LogP contribution in [-0.2, 0) is 31.6 Å². The van der Waals surface area contributed by atoms with E-state index in [1.54, 1.807) is 30.3 Å². The van der Waals surface area contributed by atoms with Crippen LogP contribution in [0, 0.1) is 18.8 Å². The van der Waals surface area contributed by atoms with Gasteiger partial charge in [0.15, 0.2) is 0 Å². The molecule has 4 aromatic carbocycles.